The van der Waals surface area contributed by atoms with E-state index in [0.717, 1.165) is 35.5 Å². The lowest BCUT2D eigenvalue weighted by molar-refractivity contribution is 0.409. The first-order valence-corrected chi connectivity index (χ1v) is 6.49. The third-order valence-corrected chi connectivity index (χ3v) is 3.94. The van der Waals surface area contributed by atoms with E-state index in [0.29, 0.717) is 5.92 Å². The molecule has 4 nitrogen and oxygen atoms in total. The van der Waals surface area contributed by atoms with E-state index >= 15 is 0 Å². The molecule has 0 aliphatic carbocycles. The molecule has 17 heavy (non-hydrogen) atoms. The van der Waals surface area contributed by atoms with E-state index in [1.54, 1.807) is 12.3 Å². The van der Waals surface area contributed by atoms with Crippen molar-refractivity contribution in [1.82, 2.24) is 14.3 Å². The van der Waals surface area contributed by atoms with Crippen LogP contribution in [0.1, 0.15) is 18.2 Å². The topological polar surface area (TPSA) is 40.8 Å². The average molecular weight is 296 g/mol. The van der Waals surface area contributed by atoms with Gasteiger partial charge in [-0.2, -0.15) is 0 Å². The van der Waals surface area contributed by atoms with E-state index in [1.165, 1.54) is 0 Å². The Balaban J connectivity index is 2.13. The molecule has 2 aromatic heterocycles. The van der Waals surface area contributed by atoms with Crippen LogP contribution in [0, 0.1) is 0 Å². The van der Waals surface area contributed by atoms with Crippen molar-refractivity contribution < 1.29 is 5.11 Å². The van der Waals surface area contributed by atoms with Gasteiger partial charge in [-0.15, -0.1) is 0 Å². The van der Waals surface area contributed by atoms with E-state index in [2.05, 4.69) is 32.9 Å². The van der Waals surface area contributed by atoms with Gasteiger partial charge < -0.3 is 10.0 Å². The van der Waals surface area contributed by atoms with E-state index in [-0.39, 0.29) is 5.75 Å². The summed E-state index contributed by atoms with van der Waals surface area (Å²) in [6.07, 6.45) is 2.86. The van der Waals surface area contributed by atoms with Crippen LogP contribution in [0.25, 0.3) is 5.52 Å². The second kappa shape index (κ2) is 3.99. The molecule has 0 spiro atoms. The van der Waals surface area contributed by atoms with Crippen LogP contribution >= 0.6 is 15.9 Å². The number of likely N-dealkylation sites (tertiary alicyclic amines) is 1. The molecule has 0 saturated carbocycles. The van der Waals surface area contributed by atoms with Crippen molar-refractivity contribution in [3.05, 3.63) is 28.8 Å². The number of aromatic hydroxyl groups is 1. The van der Waals surface area contributed by atoms with Gasteiger partial charge in [-0.25, -0.2) is 4.98 Å². The fraction of sp³-hybridized carbons (Fsp3) is 0.417. The van der Waals surface area contributed by atoms with E-state index < -0.39 is 0 Å². The summed E-state index contributed by atoms with van der Waals surface area (Å²) in [5.74, 6) is 1.75. The third kappa shape index (κ3) is 1.83. The summed E-state index contributed by atoms with van der Waals surface area (Å²) >= 11 is 3.48. The first-order valence-electron chi connectivity index (χ1n) is 5.70. The van der Waals surface area contributed by atoms with Gasteiger partial charge in [0.05, 0.1) is 11.7 Å². The largest absolute Gasteiger partial charge is 0.506 e. The Hall–Kier alpha value is -1.07. The molecule has 0 radical (unpaired) electrons. The lowest BCUT2D eigenvalue weighted by Gasteiger charge is -2.09. The van der Waals surface area contributed by atoms with Gasteiger partial charge in [0.25, 0.3) is 0 Å². The molecule has 5 heteroatoms. The molecule has 1 aliphatic rings. The Kier molecular flexibility index (Phi) is 2.60. The first-order chi connectivity index (χ1) is 8.15. The lowest BCUT2D eigenvalue weighted by atomic mass is 10.1. The Morgan fingerprint density at radius 3 is 3.00 bits per heavy atom. The standard InChI is InChI=1S/C12H14BrN3O/c1-15-5-4-8(6-15)12-14-11(13)10-3-2-9(17)7-16(10)12/h2-3,7-8,17H,4-6H2,1H3. The van der Waals surface area contributed by atoms with Crippen LogP contribution in [0.5, 0.6) is 5.75 Å². The number of imidazole rings is 1. The van der Waals surface area contributed by atoms with Gasteiger partial charge in [-0.3, -0.25) is 4.40 Å². The number of halogens is 1. The summed E-state index contributed by atoms with van der Waals surface area (Å²) in [5.41, 5.74) is 1.01. The van der Waals surface area contributed by atoms with Gasteiger partial charge in [0.1, 0.15) is 16.2 Å². The highest BCUT2D eigenvalue weighted by Gasteiger charge is 2.25. The molecule has 3 heterocycles. The van der Waals surface area contributed by atoms with Gasteiger partial charge in [-0.1, -0.05) is 0 Å². The number of hydrogen-bond donors (Lipinski definition) is 1. The van der Waals surface area contributed by atoms with Gasteiger partial charge in [0, 0.05) is 12.5 Å². The summed E-state index contributed by atoms with van der Waals surface area (Å²) in [6.45, 7) is 2.14. The Morgan fingerprint density at radius 2 is 2.29 bits per heavy atom. The minimum absolute atomic E-state index is 0.273. The maximum atomic E-state index is 9.58. The van der Waals surface area contributed by atoms with Crippen molar-refractivity contribution in [2.75, 3.05) is 20.1 Å². The predicted octanol–water partition coefficient (Wildman–Crippen LogP) is 2.22. The minimum atomic E-state index is 0.273. The Morgan fingerprint density at radius 1 is 1.47 bits per heavy atom. The monoisotopic (exact) mass is 295 g/mol. The van der Waals surface area contributed by atoms with Gasteiger partial charge in [-0.05, 0) is 48.1 Å². The minimum Gasteiger partial charge on any atom is -0.506 e. The van der Waals surface area contributed by atoms with Crippen molar-refractivity contribution in [2.24, 2.45) is 0 Å². The summed E-state index contributed by atoms with van der Waals surface area (Å²) in [4.78, 5) is 6.90. The van der Waals surface area contributed by atoms with Gasteiger partial charge in [0.2, 0.25) is 0 Å². The molecule has 0 aromatic carbocycles. The van der Waals surface area contributed by atoms with Gasteiger partial charge >= 0.3 is 0 Å². The SMILES string of the molecule is CN1CCC(c2nc(Br)c3ccc(O)cn23)C1. The summed E-state index contributed by atoms with van der Waals surface area (Å²) in [6, 6.07) is 3.57. The molecule has 1 atom stereocenters. The highest BCUT2D eigenvalue weighted by molar-refractivity contribution is 9.10. The lowest BCUT2D eigenvalue weighted by Crippen LogP contribution is -2.14. The number of hydrogen-bond acceptors (Lipinski definition) is 3. The molecule has 1 N–H and O–H groups in total. The highest BCUT2D eigenvalue weighted by atomic mass is 79.9. The summed E-state index contributed by atoms with van der Waals surface area (Å²) in [5, 5.41) is 9.58. The Labute approximate surface area is 108 Å². The molecule has 3 rings (SSSR count). The van der Waals surface area contributed by atoms with E-state index in [4.69, 9.17) is 0 Å². The molecule has 0 amide bonds. The molecule has 1 fully saturated rings. The summed E-state index contributed by atoms with van der Waals surface area (Å²) in [7, 11) is 2.13. The zero-order chi connectivity index (χ0) is 12.0. The number of aromatic nitrogens is 2. The maximum Gasteiger partial charge on any atom is 0.132 e. The van der Waals surface area contributed by atoms with Crippen molar-refractivity contribution >= 4 is 21.4 Å². The van der Waals surface area contributed by atoms with Crippen LogP contribution in [0.2, 0.25) is 0 Å². The van der Waals surface area contributed by atoms with Crippen molar-refractivity contribution in [2.45, 2.75) is 12.3 Å². The third-order valence-electron chi connectivity index (χ3n) is 3.36. The smallest absolute Gasteiger partial charge is 0.132 e. The second-order valence-corrected chi connectivity index (χ2v) is 5.40. The number of likely N-dealkylation sites (N-methyl/N-ethyl adjacent to an activating group) is 1. The van der Waals surface area contributed by atoms with E-state index in [1.807, 2.05) is 10.5 Å². The van der Waals surface area contributed by atoms with E-state index in [9.17, 15) is 5.11 Å². The second-order valence-electron chi connectivity index (χ2n) is 4.65. The number of nitrogens with zero attached hydrogens (tertiary/aromatic N) is 3. The molecular formula is C12H14BrN3O. The van der Waals surface area contributed by atoms with Crippen molar-refractivity contribution in [3.63, 3.8) is 0 Å². The quantitative estimate of drug-likeness (QED) is 0.877. The Bertz CT molecular complexity index is 566. The normalized spacial score (nSPS) is 21.4. The number of fused-ring (bicyclic) bond motifs is 1. The molecule has 0 bridgehead atoms. The number of rotatable bonds is 1. The molecule has 1 saturated heterocycles. The van der Waals surface area contributed by atoms with Crippen LogP contribution in [0.4, 0.5) is 0 Å². The molecular weight excluding hydrogens is 282 g/mol. The fourth-order valence-electron chi connectivity index (χ4n) is 2.49. The molecule has 2 aromatic rings. The maximum absolute atomic E-state index is 9.58. The number of pyridine rings is 1. The highest BCUT2D eigenvalue weighted by Crippen LogP contribution is 2.30. The molecule has 1 aliphatic heterocycles. The van der Waals surface area contributed by atoms with Gasteiger partial charge in [0.15, 0.2) is 0 Å². The van der Waals surface area contributed by atoms with Crippen LogP contribution < -0.4 is 0 Å². The molecule has 1 unspecified atom stereocenters. The average Bonchev–Trinajstić information content (AvgIpc) is 2.83. The summed E-state index contributed by atoms with van der Waals surface area (Å²) < 4.78 is 2.84. The van der Waals surface area contributed by atoms with Crippen LogP contribution in [0.15, 0.2) is 22.9 Å². The predicted molar refractivity (Wildman–Crippen MR) is 69.4 cm³/mol. The fourth-order valence-corrected chi connectivity index (χ4v) is 3.00. The van der Waals surface area contributed by atoms with Crippen LogP contribution in [0.3, 0.4) is 0 Å². The van der Waals surface area contributed by atoms with Crippen molar-refractivity contribution in [1.29, 1.82) is 0 Å². The van der Waals surface area contributed by atoms with Crippen molar-refractivity contribution in [3.8, 4) is 5.75 Å². The zero-order valence-corrected chi connectivity index (χ0v) is 11.2. The molecule has 90 valence electrons. The first kappa shape index (κ1) is 11.0. The van der Waals surface area contributed by atoms with Crippen LogP contribution in [-0.2, 0) is 0 Å². The zero-order valence-electron chi connectivity index (χ0n) is 9.60. The van der Waals surface area contributed by atoms with Crippen LogP contribution in [-0.4, -0.2) is 39.5 Å².